The van der Waals surface area contributed by atoms with Crippen molar-refractivity contribution in [3.63, 3.8) is 0 Å². The lowest BCUT2D eigenvalue weighted by Crippen LogP contribution is -2.57. The third kappa shape index (κ3) is 4.81. The largest absolute Gasteiger partial charge is 0.486 e. The molecular formula is C32H34N4O3. The van der Waals surface area contributed by atoms with Crippen LogP contribution in [-0.4, -0.2) is 48.0 Å². The van der Waals surface area contributed by atoms with Gasteiger partial charge in [-0.2, -0.15) is 5.10 Å². The Bertz CT molecular complexity index is 1470. The quantitative estimate of drug-likeness (QED) is 0.284. The molecule has 1 unspecified atom stereocenters. The van der Waals surface area contributed by atoms with Crippen molar-refractivity contribution in [2.75, 3.05) is 31.6 Å². The average molecular weight is 523 g/mol. The zero-order chi connectivity index (χ0) is 26.2. The van der Waals surface area contributed by atoms with E-state index >= 15 is 0 Å². The van der Waals surface area contributed by atoms with E-state index in [4.69, 9.17) is 9.47 Å². The SMILES string of the molecule is O=C(Nc1ccc(C(c2ccccc2)C2CC2)c(OC2(C3COC3)CCNCC2)c1)c1ccc2[nH]ncc2c1. The van der Waals surface area contributed by atoms with Crippen LogP contribution in [0.1, 0.15) is 53.1 Å². The van der Waals surface area contributed by atoms with Gasteiger partial charge in [0.05, 0.1) is 24.9 Å². The van der Waals surface area contributed by atoms with Gasteiger partial charge in [-0.3, -0.25) is 9.89 Å². The van der Waals surface area contributed by atoms with Crippen molar-refractivity contribution in [3.05, 3.63) is 89.6 Å². The molecular weight excluding hydrogens is 488 g/mol. The number of nitrogens with one attached hydrogen (secondary N) is 3. The fourth-order valence-electron chi connectivity index (χ4n) is 6.24. The maximum atomic E-state index is 13.3. The topological polar surface area (TPSA) is 88.3 Å². The predicted octanol–water partition coefficient (Wildman–Crippen LogP) is 5.50. The molecule has 39 heavy (non-hydrogen) atoms. The molecule has 200 valence electrons. The summed E-state index contributed by atoms with van der Waals surface area (Å²) in [5, 5.41) is 14.5. The number of benzene rings is 3. The lowest BCUT2D eigenvalue weighted by molar-refractivity contribution is -0.144. The second-order valence-electron chi connectivity index (χ2n) is 11.3. The first-order valence-electron chi connectivity index (χ1n) is 14.1. The van der Waals surface area contributed by atoms with E-state index in [-0.39, 0.29) is 17.4 Å². The van der Waals surface area contributed by atoms with Crippen molar-refractivity contribution in [1.29, 1.82) is 0 Å². The number of hydrogen-bond donors (Lipinski definition) is 3. The van der Waals surface area contributed by atoms with E-state index in [2.05, 4.69) is 57.2 Å². The summed E-state index contributed by atoms with van der Waals surface area (Å²) in [7, 11) is 0. The highest BCUT2D eigenvalue weighted by molar-refractivity contribution is 6.06. The Balaban J connectivity index is 1.25. The summed E-state index contributed by atoms with van der Waals surface area (Å²) in [5.41, 5.74) is 4.50. The minimum absolute atomic E-state index is 0.150. The molecule has 2 saturated heterocycles. The summed E-state index contributed by atoms with van der Waals surface area (Å²) in [6.45, 7) is 3.35. The number of aromatic amines is 1. The second-order valence-corrected chi connectivity index (χ2v) is 11.3. The number of piperidine rings is 1. The number of ether oxygens (including phenoxy) is 2. The van der Waals surface area contributed by atoms with Gasteiger partial charge in [-0.25, -0.2) is 0 Å². The third-order valence-electron chi connectivity index (χ3n) is 8.71. The van der Waals surface area contributed by atoms with Crippen LogP contribution in [0.15, 0.2) is 72.9 Å². The Kier molecular flexibility index (Phi) is 6.33. The first-order chi connectivity index (χ1) is 19.2. The molecule has 0 spiro atoms. The lowest BCUT2D eigenvalue weighted by atomic mass is 9.78. The van der Waals surface area contributed by atoms with Gasteiger partial charge in [0.2, 0.25) is 0 Å². The van der Waals surface area contributed by atoms with Crippen LogP contribution in [0.4, 0.5) is 5.69 Å². The van der Waals surface area contributed by atoms with E-state index in [1.807, 2.05) is 30.3 Å². The van der Waals surface area contributed by atoms with Crippen LogP contribution in [0.25, 0.3) is 10.9 Å². The molecule has 1 saturated carbocycles. The van der Waals surface area contributed by atoms with Gasteiger partial charge in [0.15, 0.2) is 0 Å². The molecule has 2 aliphatic heterocycles. The predicted molar refractivity (Wildman–Crippen MR) is 151 cm³/mol. The number of carbonyl (C=O) groups excluding carboxylic acids is 1. The highest BCUT2D eigenvalue weighted by Crippen LogP contribution is 2.50. The minimum Gasteiger partial charge on any atom is -0.486 e. The fourth-order valence-corrected chi connectivity index (χ4v) is 6.24. The normalized spacial score (nSPS) is 19.8. The summed E-state index contributed by atoms with van der Waals surface area (Å²) >= 11 is 0. The number of hydrogen-bond acceptors (Lipinski definition) is 5. The number of amides is 1. The summed E-state index contributed by atoms with van der Waals surface area (Å²) in [6, 6.07) is 22.6. The smallest absolute Gasteiger partial charge is 0.255 e. The zero-order valence-corrected chi connectivity index (χ0v) is 22.0. The van der Waals surface area contributed by atoms with Crippen molar-refractivity contribution < 1.29 is 14.3 Å². The Morgan fingerprint density at radius 2 is 1.85 bits per heavy atom. The lowest BCUT2D eigenvalue weighted by Gasteiger charge is -2.47. The molecule has 1 atom stereocenters. The van der Waals surface area contributed by atoms with Crippen molar-refractivity contribution in [1.82, 2.24) is 15.5 Å². The standard InChI is InChI=1S/C32H34N4O3/c37-31(23-8-11-28-24(16-23)18-34-36-28)35-26-9-10-27(30(22-6-7-22)21-4-2-1-3-5-21)29(17-26)39-32(25-19-38-20-25)12-14-33-15-13-32/h1-5,8-11,16-18,22,25,30,33H,6-7,12-15,19-20H2,(H,34,36)(H,35,37). The van der Waals surface area contributed by atoms with Crippen LogP contribution in [0.2, 0.25) is 0 Å². The molecule has 7 heteroatoms. The van der Waals surface area contributed by atoms with Gasteiger partial charge in [0.1, 0.15) is 11.4 Å². The van der Waals surface area contributed by atoms with Crippen LogP contribution in [0.5, 0.6) is 5.75 Å². The molecule has 7 nitrogen and oxygen atoms in total. The van der Waals surface area contributed by atoms with E-state index in [1.54, 1.807) is 6.20 Å². The number of aromatic nitrogens is 2. The number of carbonyl (C=O) groups is 1. The molecule has 0 bridgehead atoms. The number of nitrogens with zero attached hydrogens (tertiary/aromatic N) is 1. The first kappa shape index (κ1) is 24.4. The van der Waals surface area contributed by atoms with Gasteiger partial charge >= 0.3 is 0 Å². The summed E-state index contributed by atoms with van der Waals surface area (Å²) in [4.78, 5) is 13.3. The van der Waals surface area contributed by atoms with Gasteiger partial charge in [-0.15, -0.1) is 0 Å². The Hall–Kier alpha value is -3.68. The van der Waals surface area contributed by atoms with Gasteiger partial charge in [-0.05, 0) is 61.7 Å². The maximum absolute atomic E-state index is 13.3. The first-order valence-corrected chi connectivity index (χ1v) is 14.1. The summed E-state index contributed by atoms with van der Waals surface area (Å²) < 4.78 is 12.8. The Morgan fingerprint density at radius 1 is 1.03 bits per heavy atom. The maximum Gasteiger partial charge on any atom is 0.255 e. The summed E-state index contributed by atoms with van der Waals surface area (Å²) in [5.74, 6) is 1.98. The molecule has 1 amide bonds. The van der Waals surface area contributed by atoms with E-state index < -0.39 is 0 Å². The molecule has 3 N–H and O–H groups in total. The van der Waals surface area contributed by atoms with E-state index in [0.29, 0.717) is 17.4 Å². The Labute approximate surface area is 228 Å². The molecule has 3 heterocycles. The Morgan fingerprint density at radius 3 is 2.59 bits per heavy atom. The monoisotopic (exact) mass is 522 g/mol. The van der Waals surface area contributed by atoms with E-state index in [1.165, 1.54) is 24.0 Å². The van der Waals surface area contributed by atoms with E-state index in [0.717, 1.165) is 61.5 Å². The van der Waals surface area contributed by atoms with Crippen LogP contribution < -0.4 is 15.4 Å². The van der Waals surface area contributed by atoms with Crippen molar-refractivity contribution in [2.45, 2.75) is 37.2 Å². The number of H-pyrrole nitrogens is 1. The number of anilines is 1. The van der Waals surface area contributed by atoms with Crippen molar-refractivity contribution >= 4 is 22.5 Å². The van der Waals surface area contributed by atoms with Crippen molar-refractivity contribution in [2.24, 2.45) is 11.8 Å². The molecule has 3 aliphatic rings. The fraction of sp³-hybridized carbons (Fsp3) is 0.375. The molecule has 4 aromatic rings. The second kappa shape index (κ2) is 10.1. The highest BCUT2D eigenvalue weighted by Gasteiger charge is 2.47. The van der Waals surface area contributed by atoms with Crippen LogP contribution in [0.3, 0.4) is 0 Å². The van der Waals surface area contributed by atoms with Gasteiger partial charge in [0, 0.05) is 52.9 Å². The molecule has 7 rings (SSSR count). The molecule has 1 aliphatic carbocycles. The molecule has 0 radical (unpaired) electrons. The van der Waals surface area contributed by atoms with Crippen LogP contribution >= 0.6 is 0 Å². The van der Waals surface area contributed by atoms with Gasteiger partial charge in [-0.1, -0.05) is 36.4 Å². The summed E-state index contributed by atoms with van der Waals surface area (Å²) in [6.07, 6.45) is 6.07. The van der Waals surface area contributed by atoms with Crippen LogP contribution in [-0.2, 0) is 4.74 Å². The van der Waals surface area contributed by atoms with Crippen LogP contribution in [0, 0.1) is 11.8 Å². The molecule has 1 aromatic heterocycles. The van der Waals surface area contributed by atoms with Crippen molar-refractivity contribution in [3.8, 4) is 5.75 Å². The van der Waals surface area contributed by atoms with E-state index in [9.17, 15) is 4.79 Å². The molecule has 3 aromatic carbocycles. The minimum atomic E-state index is -0.266. The number of fused-ring (bicyclic) bond motifs is 1. The van der Waals surface area contributed by atoms with Gasteiger partial charge in [0.25, 0.3) is 5.91 Å². The van der Waals surface area contributed by atoms with Gasteiger partial charge < -0.3 is 20.1 Å². The molecule has 3 fully saturated rings. The number of rotatable bonds is 8. The zero-order valence-electron chi connectivity index (χ0n) is 22.0. The highest BCUT2D eigenvalue weighted by atomic mass is 16.5. The third-order valence-corrected chi connectivity index (χ3v) is 8.71. The average Bonchev–Trinajstić information content (AvgIpc) is 3.65.